The van der Waals surface area contributed by atoms with Crippen molar-refractivity contribution in [3.63, 3.8) is 0 Å². The summed E-state index contributed by atoms with van der Waals surface area (Å²) in [6.45, 7) is 6.62. The fraction of sp³-hybridized carbons (Fsp3) is 0.500. The summed E-state index contributed by atoms with van der Waals surface area (Å²) in [5.74, 6) is 1.87. The number of anilines is 1. The fourth-order valence-corrected chi connectivity index (χ4v) is 3.60. The molecule has 1 aliphatic heterocycles. The monoisotopic (exact) mass is 340 g/mol. The van der Waals surface area contributed by atoms with Gasteiger partial charge in [-0.15, -0.1) is 0 Å². The van der Waals surface area contributed by atoms with E-state index in [4.69, 9.17) is 0 Å². The molecule has 3 rings (SSSR count). The van der Waals surface area contributed by atoms with Crippen LogP contribution in [-0.4, -0.2) is 52.7 Å². The number of likely N-dealkylation sites (N-methyl/N-ethyl adjacent to an activating group) is 1. The van der Waals surface area contributed by atoms with Crippen LogP contribution in [0.5, 0.6) is 0 Å². The highest BCUT2D eigenvalue weighted by atomic mass is 16.3. The summed E-state index contributed by atoms with van der Waals surface area (Å²) in [5.41, 5.74) is 2.01. The molecule has 0 saturated carbocycles. The fourth-order valence-electron chi connectivity index (χ4n) is 3.60. The number of aliphatic hydroxyl groups is 1. The maximum atomic E-state index is 10.4. The number of hydrogen-bond acceptors (Lipinski definition) is 5. The average Bonchev–Trinajstić information content (AvgIpc) is 2.61. The van der Waals surface area contributed by atoms with E-state index in [0.29, 0.717) is 12.6 Å². The van der Waals surface area contributed by atoms with Crippen molar-refractivity contribution in [3.05, 3.63) is 53.5 Å². The van der Waals surface area contributed by atoms with Crippen LogP contribution in [0.4, 0.5) is 5.82 Å². The summed E-state index contributed by atoms with van der Waals surface area (Å²) in [6.07, 6.45) is 1.73. The molecule has 5 nitrogen and oxygen atoms in total. The van der Waals surface area contributed by atoms with Gasteiger partial charge in [-0.25, -0.2) is 9.97 Å². The number of nitrogens with zero attached hydrogens (tertiary/aromatic N) is 4. The predicted octanol–water partition coefficient (Wildman–Crippen LogP) is 2.73. The van der Waals surface area contributed by atoms with Crippen LogP contribution < -0.4 is 4.90 Å². The van der Waals surface area contributed by atoms with Gasteiger partial charge in [-0.05, 0) is 39.3 Å². The van der Waals surface area contributed by atoms with E-state index in [2.05, 4.69) is 32.9 Å². The average molecular weight is 340 g/mol. The highest BCUT2D eigenvalue weighted by Gasteiger charge is 2.25. The molecule has 1 N–H and O–H groups in total. The van der Waals surface area contributed by atoms with Crippen LogP contribution in [0.1, 0.15) is 36.0 Å². The third-order valence-corrected chi connectivity index (χ3v) is 5.01. The summed E-state index contributed by atoms with van der Waals surface area (Å²) < 4.78 is 0. The van der Waals surface area contributed by atoms with Crippen molar-refractivity contribution >= 4 is 5.82 Å². The van der Waals surface area contributed by atoms with Crippen LogP contribution >= 0.6 is 0 Å². The topological polar surface area (TPSA) is 52.5 Å². The molecule has 1 aromatic heterocycles. The van der Waals surface area contributed by atoms with E-state index >= 15 is 0 Å². The Kier molecular flexibility index (Phi) is 5.66. The van der Waals surface area contributed by atoms with Gasteiger partial charge in [0.05, 0.1) is 6.10 Å². The van der Waals surface area contributed by atoms with E-state index in [9.17, 15) is 5.11 Å². The Balaban J connectivity index is 1.54. The van der Waals surface area contributed by atoms with Gasteiger partial charge in [0.2, 0.25) is 0 Å². The van der Waals surface area contributed by atoms with Crippen LogP contribution in [0.25, 0.3) is 0 Å². The maximum absolute atomic E-state index is 10.4. The number of aliphatic hydroxyl groups excluding tert-OH is 1. The van der Waals surface area contributed by atoms with E-state index in [-0.39, 0.29) is 0 Å². The molecule has 0 bridgehead atoms. The van der Waals surface area contributed by atoms with E-state index in [0.717, 1.165) is 48.8 Å². The van der Waals surface area contributed by atoms with Crippen molar-refractivity contribution in [3.8, 4) is 0 Å². The summed E-state index contributed by atoms with van der Waals surface area (Å²) >= 11 is 0. The molecule has 1 aromatic carbocycles. The molecule has 134 valence electrons. The SMILES string of the molecule is Cc1cc(N2CCC(N(C)CC(O)c3ccccc3)CC2)nc(C)n1. The van der Waals surface area contributed by atoms with Crippen molar-refractivity contribution < 1.29 is 5.11 Å². The van der Waals surface area contributed by atoms with Gasteiger partial charge < -0.3 is 14.9 Å². The number of piperidine rings is 1. The Morgan fingerprint density at radius 3 is 2.48 bits per heavy atom. The quantitative estimate of drug-likeness (QED) is 0.907. The molecule has 5 heteroatoms. The maximum Gasteiger partial charge on any atom is 0.132 e. The lowest BCUT2D eigenvalue weighted by Crippen LogP contribution is -2.44. The largest absolute Gasteiger partial charge is 0.387 e. The Morgan fingerprint density at radius 1 is 1.16 bits per heavy atom. The molecule has 0 aliphatic carbocycles. The molecular weight excluding hydrogens is 312 g/mol. The van der Waals surface area contributed by atoms with E-state index in [1.165, 1.54) is 0 Å². The zero-order valence-corrected chi connectivity index (χ0v) is 15.4. The van der Waals surface area contributed by atoms with Gasteiger partial charge in [-0.1, -0.05) is 30.3 Å². The van der Waals surface area contributed by atoms with Gasteiger partial charge >= 0.3 is 0 Å². The molecule has 1 atom stereocenters. The first kappa shape index (κ1) is 17.8. The number of rotatable bonds is 5. The summed E-state index contributed by atoms with van der Waals surface area (Å²) in [5, 5.41) is 10.4. The minimum absolute atomic E-state index is 0.434. The zero-order chi connectivity index (χ0) is 17.8. The normalized spacial score (nSPS) is 17.1. The van der Waals surface area contributed by atoms with Gasteiger partial charge in [0.1, 0.15) is 11.6 Å². The third-order valence-electron chi connectivity index (χ3n) is 5.01. The van der Waals surface area contributed by atoms with E-state index < -0.39 is 6.10 Å². The van der Waals surface area contributed by atoms with Gasteiger partial charge in [0.25, 0.3) is 0 Å². The first-order valence-corrected chi connectivity index (χ1v) is 9.03. The molecule has 2 aromatic rings. The highest BCUT2D eigenvalue weighted by molar-refractivity contribution is 5.40. The Morgan fingerprint density at radius 2 is 1.84 bits per heavy atom. The molecule has 1 fully saturated rings. The molecular formula is C20H28N4O. The van der Waals surface area contributed by atoms with Crippen molar-refractivity contribution in [1.29, 1.82) is 0 Å². The second-order valence-electron chi connectivity index (χ2n) is 7.00. The molecule has 0 spiro atoms. The van der Waals surface area contributed by atoms with Crippen LogP contribution in [0, 0.1) is 13.8 Å². The lowest BCUT2D eigenvalue weighted by Gasteiger charge is -2.38. The van der Waals surface area contributed by atoms with E-state index in [1.807, 2.05) is 44.2 Å². The second kappa shape index (κ2) is 7.93. The van der Waals surface area contributed by atoms with Crippen LogP contribution in [0.15, 0.2) is 36.4 Å². The molecule has 1 saturated heterocycles. The third kappa shape index (κ3) is 4.55. The van der Waals surface area contributed by atoms with Crippen molar-refractivity contribution in [1.82, 2.24) is 14.9 Å². The van der Waals surface area contributed by atoms with Crippen LogP contribution in [0.3, 0.4) is 0 Å². The van der Waals surface area contributed by atoms with Crippen LogP contribution in [-0.2, 0) is 0 Å². The second-order valence-corrected chi connectivity index (χ2v) is 7.00. The molecule has 0 amide bonds. The molecule has 1 aliphatic rings. The first-order chi connectivity index (χ1) is 12.0. The molecule has 1 unspecified atom stereocenters. The Bertz CT molecular complexity index is 663. The standard InChI is InChI=1S/C20H28N4O/c1-15-13-20(22-16(2)21-15)24-11-9-18(10-12-24)23(3)14-19(25)17-7-5-4-6-8-17/h4-8,13,18-19,25H,9-12,14H2,1-3H3. The van der Waals surface area contributed by atoms with Crippen molar-refractivity contribution in [2.75, 3.05) is 31.6 Å². The Hall–Kier alpha value is -1.98. The molecule has 2 heterocycles. The summed E-state index contributed by atoms with van der Waals surface area (Å²) in [6, 6.07) is 12.5. The molecule has 0 radical (unpaired) electrons. The minimum Gasteiger partial charge on any atom is -0.387 e. The van der Waals surface area contributed by atoms with Gasteiger partial charge in [0, 0.05) is 37.4 Å². The lowest BCUT2D eigenvalue weighted by molar-refractivity contribution is 0.0959. The van der Waals surface area contributed by atoms with Gasteiger partial charge in [0.15, 0.2) is 0 Å². The highest BCUT2D eigenvalue weighted by Crippen LogP contribution is 2.23. The summed E-state index contributed by atoms with van der Waals surface area (Å²) in [4.78, 5) is 13.6. The predicted molar refractivity (Wildman–Crippen MR) is 101 cm³/mol. The van der Waals surface area contributed by atoms with Gasteiger partial charge in [-0.2, -0.15) is 0 Å². The number of hydrogen-bond donors (Lipinski definition) is 1. The first-order valence-electron chi connectivity index (χ1n) is 9.03. The minimum atomic E-state index is -0.434. The van der Waals surface area contributed by atoms with Crippen LogP contribution in [0.2, 0.25) is 0 Å². The molecule has 25 heavy (non-hydrogen) atoms. The lowest BCUT2D eigenvalue weighted by atomic mass is 10.0. The zero-order valence-electron chi connectivity index (χ0n) is 15.4. The van der Waals surface area contributed by atoms with Crippen molar-refractivity contribution in [2.45, 2.75) is 38.8 Å². The number of aryl methyl sites for hydroxylation is 2. The summed E-state index contributed by atoms with van der Waals surface area (Å²) in [7, 11) is 2.12. The Labute approximate surface area is 150 Å². The number of aromatic nitrogens is 2. The van der Waals surface area contributed by atoms with Crippen molar-refractivity contribution in [2.24, 2.45) is 0 Å². The van der Waals surface area contributed by atoms with E-state index in [1.54, 1.807) is 0 Å². The smallest absolute Gasteiger partial charge is 0.132 e. The van der Waals surface area contributed by atoms with Gasteiger partial charge in [-0.3, -0.25) is 0 Å². The number of benzene rings is 1.